The van der Waals surface area contributed by atoms with Gasteiger partial charge in [0.05, 0.1) is 6.42 Å². The van der Waals surface area contributed by atoms with Crippen molar-refractivity contribution in [2.75, 3.05) is 6.54 Å². The maximum atomic E-state index is 11.7. The van der Waals surface area contributed by atoms with Gasteiger partial charge in [-0.2, -0.15) is 0 Å². The Kier molecular flexibility index (Phi) is 3.53. The molecule has 0 unspecified atom stereocenters. The highest BCUT2D eigenvalue weighted by atomic mass is 35.5. The largest absolute Gasteiger partial charge is 0.481 e. The average molecular weight is 267 g/mol. The number of nitrogens with one attached hydrogen (secondary N) is 2. The first-order valence-corrected chi connectivity index (χ1v) is 5.73. The lowest BCUT2D eigenvalue weighted by atomic mass is 10.2. The Hall–Kier alpha value is -2.01. The Balaban J connectivity index is 2.13. The maximum absolute atomic E-state index is 11.7. The summed E-state index contributed by atoms with van der Waals surface area (Å²) in [6.45, 7) is 0.0945. The van der Waals surface area contributed by atoms with E-state index in [-0.39, 0.29) is 18.9 Å². The lowest BCUT2D eigenvalue weighted by Crippen LogP contribution is -2.26. The highest BCUT2D eigenvalue weighted by molar-refractivity contribution is 6.35. The van der Waals surface area contributed by atoms with Gasteiger partial charge in [0.25, 0.3) is 5.91 Å². The number of fused-ring (bicyclic) bond motifs is 1. The normalized spacial score (nSPS) is 10.5. The molecule has 0 aliphatic carbocycles. The van der Waals surface area contributed by atoms with Crippen molar-refractivity contribution in [2.45, 2.75) is 6.42 Å². The zero-order valence-corrected chi connectivity index (χ0v) is 10.1. The molecule has 18 heavy (non-hydrogen) atoms. The monoisotopic (exact) mass is 266 g/mol. The van der Waals surface area contributed by atoms with Crippen molar-refractivity contribution < 1.29 is 14.7 Å². The van der Waals surface area contributed by atoms with Crippen LogP contribution in [0.4, 0.5) is 0 Å². The predicted octanol–water partition coefficient (Wildman–Crippen LogP) is 2.03. The summed E-state index contributed by atoms with van der Waals surface area (Å²) in [4.78, 5) is 25.0. The van der Waals surface area contributed by atoms with E-state index >= 15 is 0 Å². The van der Waals surface area contributed by atoms with Crippen molar-refractivity contribution in [2.24, 2.45) is 0 Å². The second-order valence-corrected chi connectivity index (χ2v) is 4.19. The molecule has 94 valence electrons. The molecule has 0 saturated carbocycles. The first kappa shape index (κ1) is 12.4. The summed E-state index contributed by atoms with van der Waals surface area (Å²) in [7, 11) is 0. The summed E-state index contributed by atoms with van der Waals surface area (Å²) in [5, 5.41) is 12.3. The van der Waals surface area contributed by atoms with Crippen LogP contribution < -0.4 is 5.32 Å². The van der Waals surface area contributed by atoms with Crippen molar-refractivity contribution in [1.82, 2.24) is 10.3 Å². The summed E-state index contributed by atoms with van der Waals surface area (Å²) in [5.74, 6) is -1.29. The number of aliphatic carboxylic acids is 1. The molecule has 6 heteroatoms. The smallest absolute Gasteiger partial charge is 0.305 e. The zero-order chi connectivity index (χ0) is 13.1. The molecular weight excluding hydrogens is 256 g/mol. The number of hydrogen-bond acceptors (Lipinski definition) is 2. The van der Waals surface area contributed by atoms with Gasteiger partial charge < -0.3 is 15.4 Å². The highest BCUT2D eigenvalue weighted by Gasteiger charge is 2.10. The molecule has 1 heterocycles. The Bertz CT molecular complexity index is 606. The molecule has 0 radical (unpaired) electrons. The number of benzene rings is 1. The molecule has 2 aromatic rings. The Labute approximate surface area is 108 Å². The number of H-pyrrole nitrogens is 1. The Morgan fingerprint density at radius 1 is 1.39 bits per heavy atom. The van der Waals surface area contributed by atoms with Crippen LogP contribution in [-0.4, -0.2) is 28.5 Å². The lowest BCUT2D eigenvalue weighted by Gasteiger charge is -2.00. The molecule has 5 nitrogen and oxygen atoms in total. The van der Waals surface area contributed by atoms with Gasteiger partial charge in [-0.15, -0.1) is 0 Å². The van der Waals surface area contributed by atoms with Crippen LogP contribution in [0, 0.1) is 0 Å². The van der Waals surface area contributed by atoms with Crippen molar-refractivity contribution in [3.05, 3.63) is 35.0 Å². The number of amides is 1. The summed E-state index contributed by atoms with van der Waals surface area (Å²) in [5.41, 5.74) is 1.13. The van der Waals surface area contributed by atoms with E-state index in [0.717, 1.165) is 10.9 Å². The minimum absolute atomic E-state index is 0.0945. The van der Waals surface area contributed by atoms with E-state index in [1.54, 1.807) is 18.2 Å². The van der Waals surface area contributed by atoms with Gasteiger partial charge in [0.15, 0.2) is 0 Å². The molecule has 1 aromatic carbocycles. The summed E-state index contributed by atoms with van der Waals surface area (Å²) < 4.78 is 0. The van der Waals surface area contributed by atoms with Crippen LogP contribution in [-0.2, 0) is 4.79 Å². The van der Waals surface area contributed by atoms with E-state index < -0.39 is 5.97 Å². The van der Waals surface area contributed by atoms with Crippen LogP contribution in [0.3, 0.4) is 0 Å². The van der Waals surface area contributed by atoms with E-state index in [4.69, 9.17) is 16.7 Å². The third-order valence-electron chi connectivity index (χ3n) is 2.48. The second-order valence-electron chi connectivity index (χ2n) is 3.78. The third kappa shape index (κ3) is 2.62. The van der Waals surface area contributed by atoms with Crippen LogP contribution in [0.1, 0.15) is 16.9 Å². The number of hydrogen-bond donors (Lipinski definition) is 3. The van der Waals surface area contributed by atoms with Gasteiger partial charge >= 0.3 is 5.97 Å². The number of rotatable bonds is 4. The number of carbonyl (C=O) groups excluding carboxylic acids is 1. The molecule has 0 fully saturated rings. The Morgan fingerprint density at radius 2 is 2.17 bits per heavy atom. The summed E-state index contributed by atoms with van der Waals surface area (Å²) >= 11 is 5.99. The SMILES string of the molecule is O=C(O)CCNC(=O)c1cc2c(Cl)cccc2[nH]1. The molecule has 0 spiro atoms. The maximum Gasteiger partial charge on any atom is 0.305 e. The molecule has 0 saturated heterocycles. The average Bonchev–Trinajstić information content (AvgIpc) is 2.74. The molecule has 0 aliphatic heterocycles. The first-order valence-electron chi connectivity index (χ1n) is 5.35. The quantitative estimate of drug-likeness (QED) is 0.792. The van der Waals surface area contributed by atoms with Crippen LogP contribution in [0.2, 0.25) is 5.02 Å². The summed E-state index contributed by atoms with van der Waals surface area (Å²) in [6.07, 6.45) is -0.104. The van der Waals surface area contributed by atoms with Crippen molar-refractivity contribution in [3.63, 3.8) is 0 Å². The third-order valence-corrected chi connectivity index (χ3v) is 2.81. The molecule has 2 rings (SSSR count). The van der Waals surface area contributed by atoms with E-state index in [0.29, 0.717) is 10.7 Å². The van der Waals surface area contributed by atoms with Crippen LogP contribution in [0.15, 0.2) is 24.3 Å². The molecule has 0 aliphatic rings. The van der Waals surface area contributed by atoms with Crippen LogP contribution >= 0.6 is 11.6 Å². The fourth-order valence-corrected chi connectivity index (χ4v) is 1.85. The lowest BCUT2D eigenvalue weighted by molar-refractivity contribution is -0.136. The van der Waals surface area contributed by atoms with Crippen molar-refractivity contribution >= 4 is 34.4 Å². The number of carbonyl (C=O) groups is 2. The topological polar surface area (TPSA) is 82.2 Å². The molecular formula is C12H11ClN2O3. The Morgan fingerprint density at radius 3 is 2.83 bits per heavy atom. The highest BCUT2D eigenvalue weighted by Crippen LogP contribution is 2.23. The van der Waals surface area contributed by atoms with Gasteiger partial charge in [-0.1, -0.05) is 17.7 Å². The molecule has 0 bridgehead atoms. The van der Waals surface area contributed by atoms with Gasteiger partial charge in [-0.3, -0.25) is 9.59 Å². The molecule has 1 aromatic heterocycles. The standard InChI is InChI=1S/C12H11ClN2O3/c13-8-2-1-3-9-7(8)6-10(15-9)12(18)14-5-4-11(16)17/h1-3,6,15H,4-5H2,(H,14,18)(H,16,17). The summed E-state index contributed by atoms with van der Waals surface area (Å²) in [6, 6.07) is 6.99. The van der Waals surface area contributed by atoms with Gasteiger partial charge in [-0.05, 0) is 18.2 Å². The number of carboxylic acids is 1. The number of halogens is 1. The second kappa shape index (κ2) is 5.10. The first-order chi connectivity index (χ1) is 8.58. The van der Waals surface area contributed by atoms with Gasteiger partial charge in [0, 0.05) is 22.5 Å². The molecule has 1 amide bonds. The van der Waals surface area contributed by atoms with Gasteiger partial charge in [0.1, 0.15) is 5.69 Å². The van der Waals surface area contributed by atoms with Crippen molar-refractivity contribution in [3.8, 4) is 0 Å². The minimum Gasteiger partial charge on any atom is -0.481 e. The fourth-order valence-electron chi connectivity index (χ4n) is 1.62. The number of aromatic nitrogens is 1. The van der Waals surface area contributed by atoms with E-state index in [1.165, 1.54) is 0 Å². The molecule has 0 atom stereocenters. The molecule has 3 N–H and O–H groups in total. The zero-order valence-electron chi connectivity index (χ0n) is 9.37. The predicted molar refractivity (Wildman–Crippen MR) is 67.9 cm³/mol. The van der Waals surface area contributed by atoms with E-state index in [9.17, 15) is 9.59 Å². The van der Waals surface area contributed by atoms with E-state index in [2.05, 4.69) is 10.3 Å². The van der Waals surface area contributed by atoms with Gasteiger partial charge in [-0.25, -0.2) is 0 Å². The van der Waals surface area contributed by atoms with Crippen LogP contribution in [0.25, 0.3) is 10.9 Å². The van der Waals surface area contributed by atoms with Crippen molar-refractivity contribution in [1.29, 1.82) is 0 Å². The number of aromatic amines is 1. The van der Waals surface area contributed by atoms with Gasteiger partial charge in [0.2, 0.25) is 0 Å². The van der Waals surface area contributed by atoms with Crippen LogP contribution in [0.5, 0.6) is 0 Å². The minimum atomic E-state index is -0.949. The fraction of sp³-hybridized carbons (Fsp3) is 0.167. The number of carboxylic acid groups (broad SMARTS) is 1. The van der Waals surface area contributed by atoms with E-state index in [1.807, 2.05) is 6.07 Å².